The minimum Gasteiger partial charge on any atom is -0.330 e. The van der Waals surface area contributed by atoms with E-state index in [1.165, 1.54) is 58.2 Å². The van der Waals surface area contributed by atoms with Gasteiger partial charge < -0.3 is 5.73 Å². The second-order valence-electron chi connectivity index (χ2n) is 6.68. The number of piperazine rings is 1. The fourth-order valence-electron chi connectivity index (χ4n) is 4.57. The summed E-state index contributed by atoms with van der Waals surface area (Å²) >= 11 is 0. The Morgan fingerprint density at radius 2 is 1.94 bits per heavy atom. The first kappa shape index (κ1) is 12.9. The second kappa shape index (κ2) is 5.48. The van der Waals surface area contributed by atoms with Crippen LogP contribution in [-0.4, -0.2) is 54.1 Å². The molecule has 3 fully saturated rings. The summed E-state index contributed by atoms with van der Waals surface area (Å²) in [6.07, 6.45) is 8.41. The van der Waals surface area contributed by atoms with Crippen LogP contribution >= 0.6 is 0 Å². The van der Waals surface area contributed by atoms with E-state index < -0.39 is 0 Å². The van der Waals surface area contributed by atoms with Gasteiger partial charge in [0, 0.05) is 31.2 Å². The topological polar surface area (TPSA) is 32.5 Å². The van der Waals surface area contributed by atoms with Crippen LogP contribution in [0.4, 0.5) is 0 Å². The van der Waals surface area contributed by atoms with Gasteiger partial charge in [-0.1, -0.05) is 12.8 Å². The van der Waals surface area contributed by atoms with Crippen LogP contribution in [0.3, 0.4) is 0 Å². The number of hydrogen-bond donors (Lipinski definition) is 1. The molecule has 0 aromatic heterocycles. The molecule has 2 N–H and O–H groups in total. The maximum Gasteiger partial charge on any atom is 0.0224 e. The van der Waals surface area contributed by atoms with Gasteiger partial charge in [-0.3, -0.25) is 9.80 Å². The second-order valence-corrected chi connectivity index (χ2v) is 6.68. The number of fused-ring (bicyclic) bond motifs is 1. The van der Waals surface area contributed by atoms with E-state index in [9.17, 15) is 0 Å². The molecule has 2 saturated heterocycles. The lowest BCUT2D eigenvalue weighted by atomic mass is 9.93. The minimum atomic E-state index is 0.733. The Labute approximate surface area is 112 Å². The van der Waals surface area contributed by atoms with Gasteiger partial charge in [0.05, 0.1) is 0 Å². The zero-order chi connectivity index (χ0) is 12.5. The molecule has 104 valence electrons. The molecule has 4 unspecified atom stereocenters. The maximum atomic E-state index is 5.97. The van der Waals surface area contributed by atoms with Gasteiger partial charge in [0.25, 0.3) is 0 Å². The molecule has 4 atom stereocenters. The third kappa shape index (κ3) is 2.33. The Balaban J connectivity index is 1.68. The van der Waals surface area contributed by atoms with E-state index in [2.05, 4.69) is 16.7 Å². The lowest BCUT2D eigenvalue weighted by molar-refractivity contribution is -0.0155. The lowest BCUT2D eigenvalue weighted by Gasteiger charge is -2.50. The van der Waals surface area contributed by atoms with Gasteiger partial charge in [-0.15, -0.1) is 0 Å². The number of nitrogens with zero attached hydrogens (tertiary/aromatic N) is 2. The van der Waals surface area contributed by atoms with E-state index in [0.29, 0.717) is 0 Å². The molecule has 1 aliphatic carbocycles. The van der Waals surface area contributed by atoms with Gasteiger partial charge in [-0.25, -0.2) is 0 Å². The lowest BCUT2D eigenvalue weighted by Crippen LogP contribution is -2.61. The summed E-state index contributed by atoms with van der Waals surface area (Å²) in [4.78, 5) is 5.56. The molecule has 0 aromatic carbocycles. The standard InChI is InChI=1S/C15H29N3/c1-12-10-17-8-3-2-6-14(17)11-18(12)15-7-4-5-13(15)9-16/h12-15H,2-11,16H2,1H3. The molecule has 3 nitrogen and oxygen atoms in total. The van der Waals surface area contributed by atoms with Crippen molar-refractivity contribution < 1.29 is 0 Å². The van der Waals surface area contributed by atoms with Crippen molar-refractivity contribution in [2.75, 3.05) is 26.2 Å². The van der Waals surface area contributed by atoms with E-state index in [0.717, 1.165) is 30.6 Å². The maximum absolute atomic E-state index is 5.97. The number of rotatable bonds is 2. The highest BCUT2D eigenvalue weighted by molar-refractivity contribution is 4.95. The summed E-state index contributed by atoms with van der Waals surface area (Å²) in [7, 11) is 0. The molecule has 0 radical (unpaired) electrons. The molecule has 18 heavy (non-hydrogen) atoms. The monoisotopic (exact) mass is 251 g/mol. The smallest absolute Gasteiger partial charge is 0.0224 e. The Morgan fingerprint density at radius 3 is 2.78 bits per heavy atom. The summed E-state index contributed by atoms with van der Waals surface area (Å²) in [5.74, 6) is 0.766. The Hall–Kier alpha value is -0.120. The SMILES string of the molecule is CC1CN2CCCCC2CN1C1CCCC1CN. The summed E-state index contributed by atoms with van der Waals surface area (Å²) in [6, 6.07) is 2.36. The van der Waals surface area contributed by atoms with Crippen molar-refractivity contribution >= 4 is 0 Å². The molecule has 0 amide bonds. The highest BCUT2D eigenvalue weighted by Gasteiger charge is 2.39. The van der Waals surface area contributed by atoms with Crippen LogP contribution in [-0.2, 0) is 0 Å². The fourth-order valence-corrected chi connectivity index (χ4v) is 4.57. The van der Waals surface area contributed by atoms with Crippen molar-refractivity contribution in [3.8, 4) is 0 Å². The number of nitrogens with two attached hydrogens (primary N) is 1. The minimum absolute atomic E-state index is 0.733. The molecule has 0 aromatic rings. The van der Waals surface area contributed by atoms with Crippen LogP contribution in [0.1, 0.15) is 45.4 Å². The van der Waals surface area contributed by atoms with Crippen LogP contribution in [0, 0.1) is 5.92 Å². The summed E-state index contributed by atoms with van der Waals surface area (Å²) in [5.41, 5.74) is 5.97. The van der Waals surface area contributed by atoms with Gasteiger partial charge in [0.2, 0.25) is 0 Å². The number of hydrogen-bond acceptors (Lipinski definition) is 3. The van der Waals surface area contributed by atoms with Gasteiger partial charge in [0.15, 0.2) is 0 Å². The van der Waals surface area contributed by atoms with Crippen molar-refractivity contribution in [1.82, 2.24) is 9.80 Å². The molecule has 2 aliphatic heterocycles. The van der Waals surface area contributed by atoms with Crippen LogP contribution in [0.5, 0.6) is 0 Å². The van der Waals surface area contributed by atoms with E-state index in [1.54, 1.807) is 0 Å². The van der Waals surface area contributed by atoms with Crippen molar-refractivity contribution in [3.63, 3.8) is 0 Å². The molecule has 0 bridgehead atoms. The number of piperidine rings is 1. The Morgan fingerprint density at radius 1 is 1.06 bits per heavy atom. The van der Waals surface area contributed by atoms with E-state index in [1.807, 2.05) is 0 Å². The fraction of sp³-hybridized carbons (Fsp3) is 1.00. The van der Waals surface area contributed by atoms with Crippen molar-refractivity contribution in [3.05, 3.63) is 0 Å². The van der Waals surface area contributed by atoms with Crippen molar-refractivity contribution in [2.45, 2.75) is 63.6 Å². The summed E-state index contributed by atoms with van der Waals surface area (Å²) < 4.78 is 0. The third-order valence-corrected chi connectivity index (χ3v) is 5.58. The molecule has 3 aliphatic rings. The van der Waals surface area contributed by atoms with Crippen LogP contribution in [0.2, 0.25) is 0 Å². The summed E-state index contributed by atoms with van der Waals surface area (Å²) in [5, 5.41) is 0. The Kier molecular flexibility index (Phi) is 3.92. The van der Waals surface area contributed by atoms with Crippen molar-refractivity contribution in [1.29, 1.82) is 0 Å². The van der Waals surface area contributed by atoms with Gasteiger partial charge in [0.1, 0.15) is 0 Å². The molecule has 2 heterocycles. The third-order valence-electron chi connectivity index (χ3n) is 5.58. The molecule has 1 saturated carbocycles. The van der Waals surface area contributed by atoms with E-state index in [-0.39, 0.29) is 0 Å². The largest absolute Gasteiger partial charge is 0.330 e. The molecular formula is C15H29N3. The predicted octanol–water partition coefficient (Wildman–Crippen LogP) is 1.67. The van der Waals surface area contributed by atoms with Gasteiger partial charge in [-0.2, -0.15) is 0 Å². The van der Waals surface area contributed by atoms with Crippen LogP contribution in [0.15, 0.2) is 0 Å². The van der Waals surface area contributed by atoms with Crippen molar-refractivity contribution in [2.24, 2.45) is 11.7 Å². The van der Waals surface area contributed by atoms with Gasteiger partial charge in [-0.05, 0) is 51.6 Å². The van der Waals surface area contributed by atoms with Gasteiger partial charge >= 0.3 is 0 Å². The molecular weight excluding hydrogens is 222 g/mol. The average Bonchev–Trinajstić information content (AvgIpc) is 2.86. The molecule has 0 spiro atoms. The zero-order valence-corrected chi connectivity index (χ0v) is 11.9. The van der Waals surface area contributed by atoms with Crippen LogP contribution in [0.25, 0.3) is 0 Å². The molecule has 3 heteroatoms. The molecule has 3 rings (SSSR count). The zero-order valence-electron chi connectivity index (χ0n) is 11.9. The predicted molar refractivity (Wildman–Crippen MR) is 75.6 cm³/mol. The van der Waals surface area contributed by atoms with Crippen LogP contribution < -0.4 is 5.73 Å². The quantitative estimate of drug-likeness (QED) is 0.810. The summed E-state index contributed by atoms with van der Waals surface area (Å²) in [6.45, 7) is 7.26. The first-order valence-corrected chi connectivity index (χ1v) is 7.99. The first-order valence-electron chi connectivity index (χ1n) is 7.99. The van der Waals surface area contributed by atoms with E-state index in [4.69, 9.17) is 5.73 Å². The Bertz CT molecular complexity index is 281. The van der Waals surface area contributed by atoms with E-state index >= 15 is 0 Å². The first-order chi connectivity index (χ1) is 8.79. The normalized spacial score (nSPS) is 43.0. The highest BCUT2D eigenvalue weighted by atomic mass is 15.3. The highest BCUT2D eigenvalue weighted by Crippen LogP contribution is 2.34. The average molecular weight is 251 g/mol.